The minimum absolute atomic E-state index is 0.0709. The molecule has 0 bridgehead atoms. The molecule has 0 nitrogen and oxygen atoms in total. The molecule has 0 saturated heterocycles. The van der Waals surface area contributed by atoms with Crippen LogP contribution in [0.1, 0.15) is 30.0 Å². The summed E-state index contributed by atoms with van der Waals surface area (Å²) in [5.41, 5.74) is 2.97. The van der Waals surface area contributed by atoms with Gasteiger partial charge in [-0.3, -0.25) is 0 Å². The van der Waals surface area contributed by atoms with Gasteiger partial charge in [0.05, 0.1) is 0 Å². The standard InChI is InChI=1S/C11H15F/c1-4-5-10-6-8(2)7-11(12)9(10)3/h6-7H,4-5H2,1-3H3. The van der Waals surface area contributed by atoms with Crippen LogP contribution in [0.15, 0.2) is 12.1 Å². The Morgan fingerprint density at radius 2 is 1.92 bits per heavy atom. The molecule has 0 unspecified atom stereocenters. The molecule has 1 heteroatoms. The second-order valence-corrected chi connectivity index (χ2v) is 3.28. The smallest absolute Gasteiger partial charge is 0.126 e. The maximum absolute atomic E-state index is 13.2. The summed E-state index contributed by atoms with van der Waals surface area (Å²) in [6.07, 6.45) is 2.05. The third-order valence-electron chi connectivity index (χ3n) is 2.12. The van der Waals surface area contributed by atoms with Gasteiger partial charge < -0.3 is 0 Å². The summed E-state index contributed by atoms with van der Waals surface area (Å²) in [6, 6.07) is 3.66. The molecule has 0 aliphatic carbocycles. The van der Waals surface area contributed by atoms with Crippen LogP contribution in [-0.2, 0) is 6.42 Å². The van der Waals surface area contributed by atoms with Gasteiger partial charge in [0.1, 0.15) is 5.82 Å². The molecule has 0 heterocycles. The summed E-state index contributed by atoms with van der Waals surface area (Å²) >= 11 is 0. The summed E-state index contributed by atoms with van der Waals surface area (Å²) in [6.45, 7) is 5.89. The molecule has 0 aromatic heterocycles. The van der Waals surface area contributed by atoms with Crippen LogP contribution in [0.3, 0.4) is 0 Å². The molecule has 1 rings (SSSR count). The molecule has 0 amide bonds. The second-order valence-electron chi connectivity index (χ2n) is 3.28. The van der Waals surface area contributed by atoms with E-state index in [9.17, 15) is 4.39 Å². The molecule has 66 valence electrons. The van der Waals surface area contributed by atoms with Gasteiger partial charge in [-0.1, -0.05) is 19.4 Å². The Labute approximate surface area is 73.4 Å². The SMILES string of the molecule is CCCc1cc(C)cc(F)c1C. The van der Waals surface area contributed by atoms with Crippen LogP contribution in [0.5, 0.6) is 0 Å². The van der Waals surface area contributed by atoms with Crippen LogP contribution < -0.4 is 0 Å². The molecule has 12 heavy (non-hydrogen) atoms. The van der Waals surface area contributed by atoms with Crippen molar-refractivity contribution in [3.8, 4) is 0 Å². The molecule has 0 saturated carbocycles. The van der Waals surface area contributed by atoms with Gasteiger partial charge in [0.2, 0.25) is 0 Å². The van der Waals surface area contributed by atoms with Crippen molar-refractivity contribution in [3.05, 3.63) is 34.6 Å². The van der Waals surface area contributed by atoms with Gasteiger partial charge in [-0.05, 0) is 43.0 Å². The lowest BCUT2D eigenvalue weighted by Gasteiger charge is -2.06. The molecular weight excluding hydrogens is 151 g/mol. The third kappa shape index (κ3) is 1.84. The fraction of sp³-hybridized carbons (Fsp3) is 0.455. The average molecular weight is 166 g/mol. The quantitative estimate of drug-likeness (QED) is 0.631. The van der Waals surface area contributed by atoms with E-state index in [1.54, 1.807) is 6.07 Å². The summed E-state index contributed by atoms with van der Waals surface area (Å²) in [5, 5.41) is 0. The number of halogens is 1. The van der Waals surface area contributed by atoms with E-state index < -0.39 is 0 Å². The molecular formula is C11H15F. The van der Waals surface area contributed by atoms with Crippen LogP contribution in [0.25, 0.3) is 0 Å². The number of benzene rings is 1. The summed E-state index contributed by atoms with van der Waals surface area (Å²) < 4.78 is 13.2. The molecule has 0 atom stereocenters. The highest BCUT2D eigenvalue weighted by molar-refractivity contribution is 5.31. The van der Waals surface area contributed by atoms with E-state index in [1.807, 2.05) is 13.8 Å². The van der Waals surface area contributed by atoms with Crippen LogP contribution in [0.4, 0.5) is 4.39 Å². The van der Waals surface area contributed by atoms with Gasteiger partial charge in [-0.2, -0.15) is 0 Å². The van der Waals surface area contributed by atoms with Crippen molar-refractivity contribution in [2.45, 2.75) is 33.6 Å². The Morgan fingerprint density at radius 3 is 2.50 bits per heavy atom. The van der Waals surface area contributed by atoms with Gasteiger partial charge in [-0.15, -0.1) is 0 Å². The van der Waals surface area contributed by atoms with Crippen molar-refractivity contribution < 1.29 is 4.39 Å². The van der Waals surface area contributed by atoms with Crippen molar-refractivity contribution in [2.24, 2.45) is 0 Å². The van der Waals surface area contributed by atoms with Crippen LogP contribution >= 0.6 is 0 Å². The Kier molecular flexibility index (Phi) is 2.85. The van der Waals surface area contributed by atoms with Crippen molar-refractivity contribution >= 4 is 0 Å². The Balaban J connectivity index is 3.09. The van der Waals surface area contributed by atoms with Crippen molar-refractivity contribution in [1.29, 1.82) is 0 Å². The lowest BCUT2D eigenvalue weighted by molar-refractivity contribution is 0.613. The van der Waals surface area contributed by atoms with E-state index in [0.29, 0.717) is 0 Å². The zero-order chi connectivity index (χ0) is 9.14. The third-order valence-corrected chi connectivity index (χ3v) is 2.12. The highest BCUT2D eigenvalue weighted by Gasteiger charge is 2.03. The average Bonchev–Trinajstić information content (AvgIpc) is 2.00. The maximum Gasteiger partial charge on any atom is 0.126 e. The first kappa shape index (κ1) is 9.24. The normalized spacial score (nSPS) is 10.3. The van der Waals surface area contributed by atoms with Gasteiger partial charge >= 0.3 is 0 Å². The summed E-state index contributed by atoms with van der Waals surface area (Å²) in [5.74, 6) is -0.0709. The largest absolute Gasteiger partial charge is 0.207 e. The van der Waals surface area contributed by atoms with Crippen LogP contribution in [-0.4, -0.2) is 0 Å². The molecule has 0 fully saturated rings. The Hall–Kier alpha value is -0.850. The van der Waals surface area contributed by atoms with Crippen molar-refractivity contribution in [1.82, 2.24) is 0 Å². The van der Waals surface area contributed by atoms with Crippen LogP contribution in [0.2, 0.25) is 0 Å². The first-order valence-electron chi connectivity index (χ1n) is 4.40. The predicted octanol–water partition coefficient (Wildman–Crippen LogP) is 3.40. The first-order chi connectivity index (χ1) is 5.65. The molecule has 0 spiro atoms. The Morgan fingerprint density at radius 1 is 1.25 bits per heavy atom. The van der Waals surface area contributed by atoms with Crippen molar-refractivity contribution in [3.63, 3.8) is 0 Å². The Bertz CT molecular complexity index is 277. The highest BCUT2D eigenvalue weighted by Crippen LogP contribution is 2.16. The number of rotatable bonds is 2. The minimum atomic E-state index is -0.0709. The zero-order valence-corrected chi connectivity index (χ0v) is 7.95. The molecule has 1 aromatic carbocycles. The maximum atomic E-state index is 13.2. The number of hydrogen-bond donors (Lipinski definition) is 0. The fourth-order valence-electron chi connectivity index (χ4n) is 1.42. The van der Waals surface area contributed by atoms with Crippen molar-refractivity contribution in [2.75, 3.05) is 0 Å². The first-order valence-corrected chi connectivity index (χ1v) is 4.40. The second kappa shape index (κ2) is 3.70. The van der Waals surface area contributed by atoms with E-state index in [-0.39, 0.29) is 5.82 Å². The summed E-state index contributed by atoms with van der Waals surface area (Å²) in [7, 11) is 0. The van der Waals surface area contributed by atoms with Gasteiger partial charge in [0.25, 0.3) is 0 Å². The lowest BCUT2D eigenvalue weighted by Crippen LogP contribution is -1.93. The molecule has 0 aliphatic rings. The topological polar surface area (TPSA) is 0 Å². The van der Waals surface area contributed by atoms with Gasteiger partial charge in [-0.25, -0.2) is 4.39 Å². The molecule has 0 N–H and O–H groups in total. The molecule has 1 aromatic rings. The monoisotopic (exact) mass is 166 g/mol. The van der Waals surface area contributed by atoms with E-state index >= 15 is 0 Å². The van der Waals surface area contributed by atoms with Crippen LogP contribution in [0, 0.1) is 19.7 Å². The van der Waals surface area contributed by atoms with E-state index in [1.165, 1.54) is 0 Å². The number of hydrogen-bond acceptors (Lipinski definition) is 0. The van der Waals surface area contributed by atoms with E-state index in [4.69, 9.17) is 0 Å². The molecule has 0 aliphatic heterocycles. The fourth-order valence-corrected chi connectivity index (χ4v) is 1.42. The van der Waals surface area contributed by atoms with E-state index in [0.717, 1.165) is 29.5 Å². The molecule has 0 radical (unpaired) electrons. The zero-order valence-electron chi connectivity index (χ0n) is 7.95. The highest BCUT2D eigenvalue weighted by atomic mass is 19.1. The minimum Gasteiger partial charge on any atom is -0.207 e. The van der Waals surface area contributed by atoms with Gasteiger partial charge in [0, 0.05) is 0 Å². The van der Waals surface area contributed by atoms with Gasteiger partial charge in [0.15, 0.2) is 0 Å². The summed E-state index contributed by atoms with van der Waals surface area (Å²) in [4.78, 5) is 0. The predicted molar refractivity (Wildman–Crippen MR) is 49.9 cm³/mol. The number of aryl methyl sites for hydroxylation is 2. The van der Waals surface area contributed by atoms with E-state index in [2.05, 4.69) is 13.0 Å². The lowest BCUT2D eigenvalue weighted by atomic mass is 10.0.